The Morgan fingerprint density at radius 3 is 1.79 bits per heavy atom. The van der Waals surface area contributed by atoms with Crippen LogP contribution in [0.25, 0.3) is 0 Å². The van der Waals surface area contributed by atoms with Crippen LogP contribution in [0.5, 0.6) is 0 Å². The van der Waals surface area contributed by atoms with Crippen LogP contribution in [-0.2, 0) is 47.9 Å². The highest BCUT2D eigenvalue weighted by atomic mass is 32.2. The van der Waals surface area contributed by atoms with E-state index < -0.39 is 64.7 Å². The van der Waals surface area contributed by atoms with Crippen LogP contribution in [0.4, 0.5) is 0 Å². The standard InChI is InChI=1S/C21H26O11S2/c1-2-29-32-21-19(14-31-34(25,26)17-11-7-4-8-12-17)28-15-27-18(20(21)22)13-30-33(23,24)16-9-5-3-6-10-16/h3-12,18-22H,2,13-15H2,1H3/t18-,19-,20?,21?/m0/s1. The molecule has 0 bridgehead atoms. The van der Waals surface area contributed by atoms with Gasteiger partial charge in [-0.05, 0) is 31.2 Å². The topological polar surface area (TPSA) is 144 Å². The summed E-state index contributed by atoms with van der Waals surface area (Å²) in [6.45, 7) is 0.263. The van der Waals surface area contributed by atoms with Gasteiger partial charge in [0.15, 0.2) is 0 Å². The van der Waals surface area contributed by atoms with Crippen molar-refractivity contribution < 1.29 is 49.6 Å². The van der Waals surface area contributed by atoms with Gasteiger partial charge in [-0.25, -0.2) is 9.78 Å². The van der Waals surface area contributed by atoms with Crippen molar-refractivity contribution >= 4 is 20.2 Å². The first-order valence-corrected chi connectivity index (χ1v) is 13.1. The maximum atomic E-state index is 12.4. The van der Waals surface area contributed by atoms with Crippen molar-refractivity contribution in [3.05, 3.63) is 60.7 Å². The molecule has 1 saturated heterocycles. The van der Waals surface area contributed by atoms with Gasteiger partial charge in [0.1, 0.15) is 31.2 Å². The van der Waals surface area contributed by atoms with Gasteiger partial charge in [0, 0.05) is 0 Å². The van der Waals surface area contributed by atoms with Crippen molar-refractivity contribution in [3.63, 3.8) is 0 Å². The van der Waals surface area contributed by atoms with Crippen molar-refractivity contribution in [2.24, 2.45) is 0 Å². The molecule has 0 saturated carbocycles. The summed E-state index contributed by atoms with van der Waals surface area (Å²) in [7, 11) is -8.22. The van der Waals surface area contributed by atoms with E-state index in [0.29, 0.717) is 0 Å². The fourth-order valence-corrected chi connectivity index (χ4v) is 4.90. The molecule has 0 aromatic heterocycles. The molecular weight excluding hydrogens is 492 g/mol. The SMILES string of the molecule is CCOOC1C(O)[C@H](COS(=O)(=O)c2ccccc2)OCO[C@H]1COS(=O)(=O)c1ccccc1. The molecule has 0 aliphatic carbocycles. The van der Waals surface area contributed by atoms with Crippen LogP contribution in [0.3, 0.4) is 0 Å². The summed E-state index contributed by atoms with van der Waals surface area (Å²) in [5.41, 5.74) is 0. The van der Waals surface area contributed by atoms with Gasteiger partial charge in [0.2, 0.25) is 0 Å². The average molecular weight is 519 g/mol. The van der Waals surface area contributed by atoms with E-state index in [1.54, 1.807) is 43.3 Å². The average Bonchev–Trinajstić information content (AvgIpc) is 2.99. The van der Waals surface area contributed by atoms with Crippen LogP contribution in [0.1, 0.15) is 6.92 Å². The largest absolute Gasteiger partial charge is 0.387 e. The Hall–Kier alpha value is -1.94. The first-order chi connectivity index (χ1) is 16.2. The Balaban J connectivity index is 1.69. The number of rotatable bonds is 11. The van der Waals surface area contributed by atoms with Crippen LogP contribution in [0.15, 0.2) is 70.5 Å². The first-order valence-electron chi connectivity index (χ1n) is 10.3. The number of hydrogen-bond acceptors (Lipinski definition) is 11. The molecule has 1 fully saturated rings. The second-order valence-corrected chi connectivity index (χ2v) is 10.3. The molecule has 1 aliphatic rings. The molecule has 0 radical (unpaired) electrons. The van der Waals surface area contributed by atoms with Crippen LogP contribution < -0.4 is 0 Å². The second kappa shape index (κ2) is 12.2. The van der Waals surface area contributed by atoms with Crippen molar-refractivity contribution in [1.82, 2.24) is 0 Å². The number of ether oxygens (including phenoxy) is 2. The van der Waals surface area contributed by atoms with Gasteiger partial charge < -0.3 is 14.6 Å². The summed E-state index contributed by atoms with van der Waals surface area (Å²) in [5, 5.41) is 10.8. The van der Waals surface area contributed by atoms with Crippen LogP contribution >= 0.6 is 0 Å². The minimum Gasteiger partial charge on any atom is -0.387 e. The highest BCUT2D eigenvalue weighted by Gasteiger charge is 2.41. The highest BCUT2D eigenvalue weighted by molar-refractivity contribution is 7.87. The molecule has 2 aromatic carbocycles. The Kier molecular flexibility index (Phi) is 9.53. The third-order valence-electron chi connectivity index (χ3n) is 4.78. The quantitative estimate of drug-likeness (QED) is 0.261. The van der Waals surface area contributed by atoms with E-state index in [1.807, 2.05) is 0 Å². The third kappa shape index (κ3) is 7.04. The fourth-order valence-electron chi connectivity index (χ4n) is 3.02. The predicted octanol–water partition coefficient (Wildman–Crippen LogP) is 1.24. The van der Waals surface area contributed by atoms with Crippen molar-refractivity contribution in [2.45, 2.75) is 41.1 Å². The third-order valence-corrected chi connectivity index (χ3v) is 7.38. The summed E-state index contributed by atoms with van der Waals surface area (Å²) >= 11 is 0. The minimum absolute atomic E-state index is 0.0555. The Morgan fingerprint density at radius 2 is 1.29 bits per heavy atom. The Bertz CT molecular complexity index is 1090. The zero-order chi connectivity index (χ0) is 24.6. The van der Waals surface area contributed by atoms with E-state index in [9.17, 15) is 21.9 Å². The molecule has 1 heterocycles. The maximum absolute atomic E-state index is 12.4. The lowest BCUT2D eigenvalue weighted by molar-refractivity contribution is -0.352. The summed E-state index contributed by atoms with van der Waals surface area (Å²) in [5.74, 6) is 0. The summed E-state index contributed by atoms with van der Waals surface area (Å²) in [6.07, 6.45) is -5.11. The summed E-state index contributed by atoms with van der Waals surface area (Å²) in [6, 6.07) is 15.0. The maximum Gasteiger partial charge on any atom is 0.297 e. The van der Waals surface area contributed by atoms with Crippen LogP contribution in [-0.4, -0.2) is 73.0 Å². The number of benzene rings is 2. The van der Waals surface area contributed by atoms with Gasteiger partial charge in [-0.3, -0.25) is 8.37 Å². The molecule has 1 N–H and O–H groups in total. The van der Waals surface area contributed by atoms with Gasteiger partial charge in [-0.1, -0.05) is 36.4 Å². The zero-order valence-corrected chi connectivity index (χ0v) is 19.9. The molecule has 13 heteroatoms. The van der Waals surface area contributed by atoms with E-state index in [1.165, 1.54) is 24.3 Å². The Morgan fingerprint density at radius 1 is 0.824 bits per heavy atom. The van der Waals surface area contributed by atoms with Crippen molar-refractivity contribution in [1.29, 1.82) is 0 Å². The van der Waals surface area contributed by atoms with Gasteiger partial charge in [-0.2, -0.15) is 16.8 Å². The molecule has 11 nitrogen and oxygen atoms in total. The lowest BCUT2D eigenvalue weighted by atomic mass is 10.0. The van der Waals surface area contributed by atoms with Gasteiger partial charge >= 0.3 is 0 Å². The van der Waals surface area contributed by atoms with Crippen LogP contribution in [0.2, 0.25) is 0 Å². The normalized spacial score (nSPS) is 23.9. The minimum atomic E-state index is -4.11. The monoisotopic (exact) mass is 518 g/mol. The lowest BCUT2D eigenvalue weighted by Crippen LogP contribution is -2.48. The highest BCUT2D eigenvalue weighted by Crippen LogP contribution is 2.23. The van der Waals surface area contributed by atoms with Gasteiger partial charge in [-0.15, -0.1) is 0 Å². The van der Waals surface area contributed by atoms with E-state index >= 15 is 0 Å². The Labute approximate surface area is 198 Å². The molecule has 2 aromatic rings. The number of hydrogen-bond donors (Lipinski definition) is 1. The zero-order valence-electron chi connectivity index (χ0n) is 18.3. The molecule has 2 unspecified atom stereocenters. The van der Waals surface area contributed by atoms with E-state index in [-0.39, 0.29) is 16.4 Å². The molecule has 4 atom stereocenters. The summed E-state index contributed by atoms with van der Waals surface area (Å²) in [4.78, 5) is 10.1. The molecular formula is C21H26O11S2. The van der Waals surface area contributed by atoms with Gasteiger partial charge in [0.25, 0.3) is 20.2 Å². The molecule has 1 aliphatic heterocycles. The summed E-state index contributed by atoms with van der Waals surface area (Å²) < 4.78 is 70.7. The van der Waals surface area contributed by atoms with E-state index in [0.717, 1.165) is 0 Å². The van der Waals surface area contributed by atoms with E-state index in [2.05, 4.69) is 0 Å². The van der Waals surface area contributed by atoms with Crippen molar-refractivity contribution in [2.75, 3.05) is 26.6 Å². The lowest BCUT2D eigenvalue weighted by Gasteiger charge is -2.28. The number of aliphatic hydroxyl groups excluding tert-OH is 1. The van der Waals surface area contributed by atoms with Crippen molar-refractivity contribution in [3.8, 4) is 0 Å². The fraction of sp³-hybridized carbons (Fsp3) is 0.429. The predicted molar refractivity (Wildman–Crippen MR) is 116 cm³/mol. The molecule has 0 amide bonds. The smallest absolute Gasteiger partial charge is 0.297 e. The molecule has 0 spiro atoms. The first kappa shape index (κ1) is 26.7. The molecule has 34 heavy (non-hydrogen) atoms. The second-order valence-electron chi connectivity index (χ2n) is 7.09. The molecule has 3 rings (SSSR count). The van der Waals surface area contributed by atoms with Crippen LogP contribution in [0, 0.1) is 0 Å². The van der Waals surface area contributed by atoms with E-state index in [4.69, 9.17) is 27.6 Å². The van der Waals surface area contributed by atoms with Gasteiger partial charge in [0.05, 0.1) is 29.6 Å². The molecule has 188 valence electrons. The number of aliphatic hydroxyl groups is 1.